The molecular formula is C76H147NO18. The van der Waals surface area contributed by atoms with E-state index in [-0.39, 0.29) is 18.9 Å². The third-order valence-corrected chi connectivity index (χ3v) is 20.4. The molecule has 12 N–H and O–H groups in total. The lowest BCUT2D eigenvalue weighted by Crippen LogP contribution is -2.66. The molecule has 19 heteroatoms. The number of nitrogens with one attached hydrogen (secondary N) is 1. The van der Waals surface area contributed by atoms with Crippen molar-refractivity contribution >= 4 is 5.91 Å². The molecule has 19 nitrogen and oxygen atoms in total. The Morgan fingerprint density at radius 3 is 0.916 bits per heavy atom. The predicted molar refractivity (Wildman–Crippen MR) is 374 cm³/mol. The molecule has 0 aromatic rings. The van der Waals surface area contributed by atoms with E-state index in [1.807, 2.05) is 0 Å². The van der Waals surface area contributed by atoms with Crippen molar-refractivity contribution < 1.29 is 89.4 Å². The van der Waals surface area contributed by atoms with Crippen LogP contribution in [0.1, 0.15) is 348 Å². The summed E-state index contributed by atoms with van der Waals surface area (Å²) in [5.41, 5.74) is 0. The minimum Gasteiger partial charge on any atom is -0.394 e. The zero-order valence-corrected chi connectivity index (χ0v) is 60.2. The van der Waals surface area contributed by atoms with Gasteiger partial charge in [-0.3, -0.25) is 4.79 Å². The van der Waals surface area contributed by atoms with Crippen LogP contribution in [0.2, 0.25) is 0 Å². The Bertz CT molecular complexity index is 1720. The largest absolute Gasteiger partial charge is 0.394 e. The van der Waals surface area contributed by atoms with Crippen LogP contribution in [0.15, 0.2) is 0 Å². The van der Waals surface area contributed by atoms with Crippen molar-refractivity contribution in [2.24, 2.45) is 0 Å². The SMILES string of the molecule is CCCCCCCCCCCCCCCCCCCCCCCCCCCCCCCCCC(O)C(COC1OC(CO)C(OC2OC(CO)C(OC3OC(CO)C(O)C(O)C3O)C(O)C2O)C(O)C1O)NC(=O)CCCCCCCCCCCCCCCCCCCCC. The molecule has 0 aromatic heterocycles. The molecule has 3 rings (SSSR count). The molecule has 0 radical (unpaired) electrons. The predicted octanol–water partition coefficient (Wildman–Crippen LogP) is 12.6. The minimum atomic E-state index is -1.97. The Labute approximate surface area is 576 Å². The second kappa shape index (κ2) is 58.3. The zero-order valence-electron chi connectivity index (χ0n) is 60.2. The van der Waals surface area contributed by atoms with Gasteiger partial charge in [-0.1, -0.05) is 328 Å². The van der Waals surface area contributed by atoms with E-state index in [2.05, 4.69) is 19.2 Å². The fraction of sp³-hybridized carbons (Fsp3) is 0.987. The zero-order chi connectivity index (χ0) is 68.9. The van der Waals surface area contributed by atoms with E-state index in [1.54, 1.807) is 0 Å². The van der Waals surface area contributed by atoms with Crippen LogP contribution in [0.5, 0.6) is 0 Å². The maximum absolute atomic E-state index is 13.5. The number of amides is 1. The van der Waals surface area contributed by atoms with Crippen molar-refractivity contribution in [2.45, 2.75) is 452 Å². The van der Waals surface area contributed by atoms with Gasteiger partial charge in [-0.15, -0.1) is 0 Å². The highest BCUT2D eigenvalue weighted by Crippen LogP contribution is 2.33. The number of hydrogen-bond donors (Lipinski definition) is 12. The second-order valence-electron chi connectivity index (χ2n) is 28.9. The quantitative estimate of drug-likeness (QED) is 0.0252. The van der Waals surface area contributed by atoms with Gasteiger partial charge < -0.3 is 89.9 Å². The standard InChI is InChI=1S/C76H147NO18/c1-3-5-7-9-11-13-15-17-19-21-23-24-25-26-27-28-29-30-31-32-33-34-36-37-39-41-43-45-47-49-51-53-60(81)59(77-64(82)54-52-50-48-46-44-42-40-38-35-22-20-18-16-14-12-10-8-6-4-2)58-90-74-70(88)67(85)72(62(56-79)92-74)95-76-71(89)68(86)73(63(57-80)93-76)94-75-69(87)66(84)65(83)61(55-78)91-75/h59-63,65-76,78-81,83-89H,3-58H2,1-2H3,(H,77,82). The summed E-state index contributed by atoms with van der Waals surface area (Å²) in [6.45, 7) is 1.87. The molecule has 3 aliphatic rings. The summed E-state index contributed by atoms with van der Waals surface area (Å²) in [5.74, 6) is -0.234. The van der Waals surface area contributed by atoms with Crippen LogP contribution in [-0.4, -0.2) is 193 Å². The Morgan fingerprint density at radius 1 is 0.337 bits per heavy atom. The van der Waals surface area contributed by atoms with Gasteiger partial charge in [0.15, 0.2) is 18.9 Å². The van der Waals surface area contributed by atoms with Crippen molar-refractivity contribution in [3.63, 3.8) is 0 Å². The number of hydrogen-bond acceptors (Lipinski definition) is 18. The Morgan fingerprint density at radius 2 is 0.600 bits per heavy atom. The van der Waals surface area contributed by atoms with Crippen molar-refractivity contribution in [3.05, 3.63) is 0 Å². The maximum Gasteiger partial charge on any atom is 0.220 e. The van der Waals surface area contributed by atoms with Gasteiger partial charge in [-0.2, -0.15) is 0 Å². The van der Waals surface area contributed by atoms with Crippen LogP contribution in [0, 0.1) is 0 Å². The van der Waals surface area contributed by atoms with E-state index in [1.165, 1.54) is 270 Å². The van der Waals surface area contributed by atoms with Crippen molar-refractivity contribution in [2.75, 3.05) is 26.4 Å². The Hall–Kier alpha value is -1.21. The average molecular weight is 1360 g/mol. The molecule has 3 aliphatic heterocycles. The minimum absolute atomic E-state index is 0.234. The fourth-order valence-corrected chi connectivity index (χ4v) is 14.0. The number of unbranched alkanes of at least 4 members (excludes halogenated alkanes) is 48. The summed E-state index contributed by atoms with van der Waals surface area (Å²) in [6.07, 6.45) is 39.1. The van der Waals surface area contributed by atoms with Gasteiger partial charge in [0, 0.05) is 6.42 Å². The smallest absolute Gasteiger partial charge is 0.220 e. The van der Waals surface area contributed by atoms with E-state index in [0.29, 0.717) is 12.8 Å². The van der Waals surface area contributed by atoms with Crippen molar-refractivity contribution in [1.82, 2.24) is 5.32 Å². The normalized spacial score (nSPS) is 27.1. The Kier molecular flexibility index (Phi) is 54.0. The molecule has 1 amide bonds. The molecule has 95 heavy (non-hydrogen) atoms. The van der Waals surface area contributed by atoms with Crippen LogP contribution in [0.3, 0.4) is 0 Å². The van der Waals surface area contributed by atoms with Crippen LogP contribution in [-0.2, 0) is 33.2 Å². The van der Waals surface area contributed by atoms with Gasteiger partial charge in [0.25, 0.3) is 0 Å². The summed E-state index contributed by atoms with van der Waals surface area (Å²) in [5, 5.41) is 121. The molecule has 0 bridgehead atoms. The first-order valence-electron chi connectivity index (χ1n) is 39.8. The highest BCUT2D eigenvalue weighted by Gasteiger charge is 2.54. The van der Waals surface area contributed by atoms with E-state index < -0.39 is 124 Å². The lowest BCUT2D eigenvalue weighted by Gasteiger charge is -2.48. The van der Waals surface area contributed by atoms with Crippen LogP contribution in [0.4, 0.5) is 0 Å². The van der Waals surface area contributed by atoms with Gasteiger partial charge in [0.1, 0.15) is 73.2 Å². The molecule has 0 spiro atoms. The maximum atomic E-state index is 13.5. The second-order valence-corrected chi connectivity index (χ2v) is 28.9. The van der Waals surface area contributed by atoms with Crippen LogP contribution >= 0.6 is 0 Å². The highest BCUT2D eigenvalue weighted by molar-refractivity contribution is 5.76. The molecule has 3 fully saturated rings. The summed E-state index contributed by atoms with van der Waals surface area (Å²) in [7, 11) is 0. The van der Waals surface area contributed by atoms with E-state index in [4.69, 9.17) is 28.4 Å². The summed E-state index contributed by atoms with van der Waals surface area (Å²) >= 11 is 0. The summed E-state index contributed by atoms with van der Waals surface area (Å²) < 4.78 is 34.5. The lowest BCUT2D eigenvalue weighted by atomic mass is 9.96. The van der Waals surface area contributed by atoms with Gasteiger partial charge in [0.2, 0.25) is 5.91 Å². The third-order valence-electron chi connectivity index (χ3n) is 20.4. The summed E-state index contributed by atoms with van der Waals surface area (Å²) in [4.78, 5) is 13.5. The van der Waals surface area contributed by atoms with Crippen LogP contribution < -0.4 is 5.32 Å². The number of carbonyl (C=O) groups excluding carboxylic acids is 1. The Balaban J connectivity index is 1.36. The number of aliphatic hydroxyl groups is 11. The molecule has 0 aromatic carbocycles. The van der Waals surface area contributed by atoms with Crippen molar-refractivity contribution in [1.29, 1.82) is 0 Å². The van der Waals surface area contributed by atoms with Gasteiger partial charge in [-0.05, 0) is 12.8 Å². The highest BCUT2D eigenvalue weighted by atomic mass is 16.8. The molecule has 3 heterocycles. The van der Waals surface area contributed by atoms with E-state index in [0.717, 1.165) is 44.9 Å². The number of rotatable bonds is 64. The van der Waals surface area contributed by atoms with Gasteiger partial charge >= 0.3 is 0 Å². The van der Waals surface area contributed by atoms with Crippen molar-refractivity contribution in [3.8, 4) is 0 Å². The first kappa shape index (κ1) is 88.0. The average Bonchev–Trinajstić information content (AvgIpc) is 0.787. The molecule has 0 aliphatic carbocycles. The molecule has 17 unspecified atom stereocenters. The lowest BCUT2D eigenvalue weighted by molar-refractivity contribution is -0.379. The molecule has 17 atom stereocenters. The van der Waals surface area contributed by atoms with Gasteiger partial charge in [-0.25, -0.2) is 0 Å². The molecule has 564 valence electrons. The monoisotopic (exact) mass is 1360 g/mol. The number of ether oxygens (including phenoxy) is 6. The van der Waals surface area contributed by atoms with Gasteiger partial charge in [0.05, 0.1) is 38.6 Å². The topological polar surface area (TPSA) is 307 Å². The van der Waals surface area contributed by atoms with E-state index >= 15 is 0 Å². The molecule has 0 saturated carbocycles. The first-order chi connectivity index (χ1) is 46.3. The number of aliphatic hydroxyl groups excluding tert-OH is 11. The number of carbonyl (C=O) groups is 1. The molecule has 3 saturated heterocycles. The fourth-order valence-electron chi connectivity index (χ4n) is 14.0. The third kappa shape index (κ3) is 39.1. The first-order valence-corrected chi connectivity index (χ1v) is 39.8. The van der Waals surface area contributed by atoms with E-state index in [9.17, 15) is 61.0 Å². The molecular weight excluding hydrogens is 1210 g/mol. The van der Waals surface area contributed by atoms with Crippen LogP contribution in [0.25, 0.3) is 0 Å². The summed E-state index contributed by atoms with van der Waals surface area (Å²) in [6, 6.07) is -0.883.